The zero-order valence-electron chi connectivity index (χ0n) is 12.9. The average Bonchev–Trinajstić information content (AvgIpc) is 2.57. The molecular weight excluding hydrogens is 270 g/mol. The predicted molar refractivity (Wildman–Crippen MR) is 93.3 cm³/mol. The van der Waals surface area contributed by atoms with E-state index in [1.165, 1.54) is 5.56 Å². The summed E-state index contributed by atoms with van der Waals surface area (Å²) in [6, 6.07) is 16.4. The maximum atomic E-state index is 4.30. The van der Waals surface area contributed by atoms with Gasteiger partial charge in [-0.1, -0.05) is 49.9 Å². The Morgan fingerprint density at radius 2 is 1.68 bits per heavy atom. The highest BCUT2D eigenvalue weighted by Gasteiger charge is 2.06. The Morgan fingerprint density at radius 3 is 2.36 bits per heavy atom. The second kappa shape index (κ2) is 5.98. The molecule has 0 fully saturated rings. The average molecular weight is 289 g/mol. The third-order valence-corrected chi connectivity index (χ3v) is 3.85. The highest BCUT2D eigenvalue weighted by Crippen LogP contribution is 2.26. The first-order valence-corrected chi connectivity index (χ1v) is 7.46. The third kappa shape index (κ3) is 2.70. The Bertz CT molecular complexity index is 820. The molecule has 0 saturated heterocycles. The topological polar surface area (TPSA) is 37.8 Å². The highest BCUT2D eigenvalue weighted by atomic mass is 15.2. The van der Waals surface area contributed by atoms with Crippen LogP contribution in [0.4, 0.5) is 11.5 Å². The van der Waals surface area contributed by atoms with Gasteiger partial charge in [-0.3, -0.25) is 0 Å². The number of aromatic nitrogens is 2. The first-order chi connectivity index (χ1) is 10.7. The summed E-state index contributed by atoms with van der Waals surface area (Å²) in [4.78, 5) is 0. The van der Waals surface area contributed by atoms with Gasteiger partial charge in [-0.15, -0.1) is 5.10 Å². The lowest BCUT2D eigenvalue weighted by Gasteiger charge is -2.10. The van der Waals surface area contributed by atoms with Crippen molar-refractivity contribution in [3.63, 3.8) is 0 Å². The molecule has 0 aliphatic heterocycles. The molecular formula is C19H19N3. The van der Waals surface area contributed by atoms with Crippen LogP contribution >= 0.6 is 0 Å². The summed E-state index contributed by atoms with van der Waals surface area (Å²) < 4.78 is 0. The molecule has 0 unspecified atom stereocenters. The smallest absolute Gasteiger partial charge is 0.160 e. The maximum Gasteiger partial charge on any atom is 0.160 e. The summed E-state index contributed by atoms with van der Waals surface area (Å²) in [5.74, 6) is 0.781. The normalized spacial score (nSPS) is 10.6. The molecule has 1 aromatic heterocycles. The molecule has 0 saturated carbocycles. The van der Waals surface area contributed by atoms with E-state index in [0.717, 1.165) is 40.0 Å². The van der Waals surface area contributed by atoms with Gasteiger partial charge in [-0.25, -0.2) is 0 Å². The molecule has 0 aliphatic carbocycles. The Kier molecular flexibility index (Phi) is 3.88. The van der Waals surface area contributed by atoms with E-state index < -0.39 is 0 Å². The molecule has 3 aromatic rings. The molecule has 0 radical (unpaired) electrons. The van der Waals surface area contributed by atoms with E-state index in [1.807, 2.05) is 31.2 Å². The van der Waals surface area contributed by atoms with Gasteiger partial charge < -0.3 is 5.32 Å². The van der Waals surface area contributed by atoms with Crippen molar-refractivity contribution in [1.82, 2.24) is 10.2 Å². The van der Waals surface area contributed by atoms with E-state index >= 15 is 0 Å². The van der Waals surface area contributed by atoms with Crippen molar-refractivity contribution in [3.8, 4) is 0 Å². The maximum absolute atomic E-state index is 4.30. The number of rotatable bonds is 4. The predicted octanol–water partition coefficient (Wildman–Crippen LogP) is 5.11. The van der Waals surface area contributed by atoms with Crippen LogP contribution < -0.4 is 5.32 Å². The first kappa shape index (κ1) is 14.3. The van der Waals surface area contributed by atoms with Gasteiger partial charge in [0.05, 0.1) is 5.69 Å². The van der Waals surface area contributed by atoms with Gasteiger partial charge in [0.15, 0.2) is 5.82 Å². The fraction of sp³-hybridized carbons (Fsp3) is 0.158. The quantitative estimate of drug-likeness (QED) is 0.725. The van der Waals surface area contributed by atoms with Crippen LogP contribution in [-0.2, 0) is 0 Å². The van der Waals surface area contributed by atoms with Crippen molar-refractivity contribution < 1.29 is 0 Å². The van der Waals surface area contributed by atoms with E-state index in [4.69, 9.17) is 0 Å². The summed E-state index contributed by atoms with van der Waals surface area (Å²) in [6.07, 6.45) is 0.959. The molecule has 0 amide bonds. The molecule has 0 bridgehead atoms. The van der Waals surface area contributed by atoms with Crippen LogP contribution in [0.15, 0.2) is 55.1 Å². The number of hydrogen-bond donors (Lipinski definition) is 1. The number of anilines is 2. The van der Waals surface area contributed by atoms with Crippen LogP contribution in [0.1, 0.15) is 24.6 Å². The van der Waals surface area contributed by atoms with Gasteiger partial charge in [0.25, 0.3) is 0 Å². The minimum atomic E-state index is 0.781. The van der Waals surface area contributed by atoms with Crippen molar-refractivity contribution in [2.45, 2.75) is 20.3 Å². The zero-order chi connectivity index (χ0) is 15.5. The molecule has 0 aliphatic rings. The van der Waals surface area contributed by atoms with Gasteiger partial charge in [-0.2, -0.15) is 5.10 Å². The van der Waals surface area contributed by atoms with Crippen molar-refractivity contribution in [2.75, 3.05) is 5.32 Å². The summed E-state index contributed by atoms with van der Waals surface area (Å²) in [6.45, 7) is 8.16. The summed E-state index contributed by atoms with van der Waals surface area (Å²) in [5.41, 5.74) is 4.26. The molecule has 3 nitrogen and oxygen atoms in total. The molecule has 22 heavy (non-hydrogen) atoms. The fourth-order valence-corrected chi connectivity index (χ4v) is 2.46. The van der Waals surface area contributed by atoms with E-state index in [9.17, 15) is 0 Å². The van der Waals surface area contributed by atoms with Crippen molar-refractivity contribution in [1.29, 1.82) is 0 Å². The third-order valence-electron chi connectivity index (χ3n) is 3.85. The van der Waals surface area contributed by atoms with Crippen LogP contribution in [-0.4, -0.2) is 10.2 Å². The van der Waals surface area contributed by atoms with Crippen LogP contribution in [0.2, 0.25) is 0 Å². The molecule has 110 valence electrons. The first-order valence-electron chi connectivity index (χ1n) is 7.46. The Balaban J connectivity index is 1.93. The molecule has 1 heterocycles. The summed E-state index contributed by atoms with van der Waals surface area (Å²) >= 11 is 0. The summed E-state index contributed by atoms with van der Waals surface area (Å²) in [7, 11) is 0. The summed E-state index contributed by atoms with van der Waals surface area (Å²) in [5, 5.41) is 14.1. The minimum absolute atomic E-state index is 0.781. The van der Waals surface area contributed by atoms with Crippen molar-refractivity contribution in [2.24, 2.45) is 0 Å². The molecule has 2 aromatic carbocycles. The fourth-order valence-electron chi connectivity index (χ4n) is 2.46. The van der Waals surface area contributed by atoms with E-state index in [2.05, 4.69) is 53.3 Å². The number of benzene rings is 2. The zero-order valence-corrected chi connectivity index (χ0v) is 12.9. The van der Waals surface area contributed by atoms with Crippen LogP contribution in [0.3, 0.4) is 0 Å². The lowest BCUT2D eigenvalue weighted by atomic mass is 10.1. The second-order valence-electron chi connectivity index (χ2n) is 5.34. The number of hydrogen-bond acceptors (Lipinski definition) is 3. The number of nitrogens with zero attached hydrogens (tertiary/aromatic N) is 2. The Morgan fingerprint density at radius 1 is 1.00 bits per heavy atom. The SMILES string of the molecule is C=C(CC)c1ccc(Nc2nnc(C)c3ccccc23)cc1. The lowest BCUT2D eigenvalue weighted by molar-refractivity contribution is 1.01. The lowest BCUT2D eigenvalue weighted by Crippen LogP contribution is -1.99. The van der Waals surface area contributed by atoms with Gasteiger partial charge in [0.2, 0.25) is 0 Å². The monoisotopic (exact) mass is 289 g/mol. The Labute approximate surface area is 130 Å². The van der Waals surface area contributed by atoms with Crippen molar-refractivity contribution in [3.05, 3.63) is 66.4 Å². The van der Waals surface area contributed by atoms with Gasteiger partial charge >= 0.3 is 0 Å². The van der Waals surface area contributed by atoms with Crippen LogP contribution in [0, 0.1) is 6.92 Å². The van der Waals surface area contributed by atoms with Crippen LogP contribution in [0.25, 0.3) is 16.3 Å². The van der Waals surface area contributed by atoms with Gasteiger partial charge in [0, 0.05) is 16.5 Å². The molecule has 3 heteroatoms. The van der Waals surface area contributed by atoms with E-state index in [-0.39, 0.29) is 0 Å². The number of fused-ring (bicyclic) bond motifs is 1. The largest absolute Gasteiger partial charge is 0.338 e. The van der Waals surface area contributed by atoms with E-state index in [0.29, 0.717) is 0 Å². The number of aryl methyl sites for hydroxylation is 1. The second-order valence-corrected chi connectivity index (χ2v) is 5.34. The highest BCUT2D eigenvalue weighted by molar-refractivity contribution is 5.94. The number of nitrogens with one attached hydrogen (secondary N) is 1. The molecule has 0 atom stereocenters. The molecule has 0 spiro atoms. The van der Waals surface area contributed by atoms with Gasteiger partial charge in [0.1, 0.15) is 0 Å². The Hall–Kier alpha value is -2.68. The van der Waals surface area contributed by atoms with E-state index in [1.54, 1.807) is 0 Å². The molecule has 3 rings (SSSR count). The standard InChI is InChI=1S/C19H19N3/c1-4-13(2)15-9-11-16(12-10-15)20-19-18-8-6-5-7-17(18)14(3)21-22-19/h5-12H,2,4H2,1,3H3,(H,20,22). The number of allylic oxidation sites excluding steroid dienone is 1. The van der Waals surface area contributed by atoms with Gasteiger partial charge in [-0.05, 0) is 36.6 Å². The minimum Gasteiger partial charge on any atom is -0.338 e. The van der Waals surface area contributed by atoms with Crippen molar-refractivity contribution >= 4 is 27.9 Å². The molecule has 1 N–H and O–H groups in total. The van der Waals surface area contributed by atoms with Crippen LogP contribution in [0.5, 0.6) is 0 Å².